The third-order valence-electron chi connectivity index (χ3n) is 7.04. The number of halogens is 1. The molecule has 5 atom stereocenters. The van der Waals surface area contributed by atoms with Crippen LogP contribution in [0.2, 0.25) is 0 Å². The van der Waals surface area contributed by atoms with Crippen molar-refractivity contribution < 1.29 is 19.1 Å². The number of hydrogen-bond acceptors (Lipinski definition) is 4. The molecule has 2 bridgehead atoms. The van der Waals surface area contributed by atoms with Gasteiger partial charge in [0.05, 0.1) is 10.3 Å². The zero-order valence-corrected chi connectivity index (χ0v) is 19.0. The third-order valence-corrected chi connectivity index (χ3v) is 8.21. The number of amides is 1. The summed E-state index contributed by atoms with van der Waals surface area (Å²) in [6.45, 7) is 7.67. The number of carbonyl (C=O) groups excluding carboxylic acids is 1. The summed E-state index contributed by atoms with van der Waals surface area (Å²) in [5.41, 5.74) is -1.59. The summed E-state index contributed by atoms with van der Waals surface area (Å²) in [4.78, 5) is 25.6. The van der Waals surface area contributed by atoms with E-state index in [1.54, 1.807) is 32.0 Å². The summed E-state index contributed by atoms with van der Waals surface area (Å²) in [6, 6.07) is 6.41. The van der Waals surface area contributed by atoms with Crippen LogP contribution in [0.3, 0.4) is 0 Å². The number of nitrogens with one attached hydrogen (secondary N) is 2. The first kappa shape index (κ1) is 23.1. The van der Waals surface area contributed by atoms with Crippen LogP contribution in [0.15, 0.2) is 29.2 Å². The van der Waals surface area contributed by atoms with Crippen LogP contribution in [0.1, 0.15) is 59.8 Å². The highest BCUT2D eigenvalue weighted by Gasteiger charge is 2.51. The van der Waals surface area contributed by atoms with Gasteiger partial charge in [0, 0.05) is 6.04 Å². The lowest BCUT2D eigenvalue weighted by Crippen LogP contribution is -2.59. The molecule has 1 aromatic carbocycles. The maximum atomic E-state index is 13.9. The van der Waals surface area contributed by atoms with Gasteiger partial charge in [0.15, 0.2) is 0 Å². The van der Waals surface area contributed by atoms with Crippen molar-refractivity contribution in [2.45, 2.75) is 76.3 Å². The minimum Gasteiger partial charge on any atom is -0.481 e. The molecule has 3 rings (SSSR count). The number of fused-ring (bicyclic) bond motifs is 2. The maximum Gasteiger partial charge on any atom is 0.309 e. The second-order valence-electron chi connectivity index (χ2n) is 9.68. The van der Waals surface area contributed by atoms with Gasteiger partial charge in [0.2, 0.25) is 5.91 Å². The number of carbonyl (C=O) groups is 2. The molecule has 1 amide bonds. The normalized spacial score (nSPS) is 31.2. The number of carboxylic acids is 1. The van der Waals surface area contributed by atoms with E-state index in [9.17, 15) is 19.1 Å². The van der Waals surface area contributed by atoms with Gasteiger partial charge in [-0.05, 0) is 87.8 Å². The Balaban J connectivity index is 1.68. The van der Waals surface area contributed by atoms with Crippen LogP contribution in [-0.2, 0) is 9.59 Å². The van der Waals surface area contributed by atoms with Crippen LogP contribution in [0.25, 0.3) is 0 Å². The van der Waals surface area contributed by atoms with Crippen molar-refractivity contribution >= 4 is 23.8 Å². The molecule has 0 aliphatic heterocycles. The van der Waals surface area contributed by atoms with Gasteiger partial charge in [-0.1, -0.05) is 26.0 Å². The lowest BCUT2D eigenvalue weighted by Gasteiger charge is -2.50. The van der Waals surface area contributed by atoms with Gasteiger partial charge in [-0.15, -0.1) is 0 Å². The first-order chi connectivity index (χ1) is 14.1. The molecule has 2 fully saturated rings. The number of hydrogen-bond donors (Lipinski definition) is 3. The smallest absolute Gasteiger partial charge is 0.309 e. The molecule has 166 valence electrons. The summed E-state index contributed by atoms with van der Waals surface area (Å²) < 4.78 is 17.0. The minimum absolute atomic E-state index is 0.0427. The lowest BCUT2D eigenvalue weighted by molar-refractivity contribution is -0.156. The molecule has 0 aromatic heterocycles. The fourth-order valence-corrected chi connectivity index (χ4v) is 6.06. The van der Waals surface area contributed by atoms with E-state index >= 15 is 0 Å². The quantitative estimate of drug-likeness (QED) is 0.544. The largest absolute Gasteiger partial charge is 0.481 e. The van der Waals surface area contributed by atoms with Crippen molar-refractivity contribution in [2.24, 2.45) is 23.2 Å². The van der Waals surface area contributed by atoms with Crippen molar-refractivity contribution in [1.82, 2.24) is 10.0 Å². The Morgan fingerprint density at radius 2 is 1.97 bits per heavy atom. The topological polar surface area (TPSA) is 78.4 Å². The average Bonchev–Trinajstić information content (AvgIpc) is 2.69. The Morgan fingerprint density at radius 1 is 1.27 bits per heavy atom. The highest BCUT2D eigenvalue weighted by Crippen LogP contribution is 2.52. The van der Waals surface area contributed by atoms with Crippen LogP contribution < -0.4 is 10.0 Å². The predicted molar refractivity (Wildman–Crippen MR) is 116 cm³/mol. The minimum atomic E-state index is -0.910. The molecule has 3 N–H and O–H groups in total. The molecule has 0 heterocycles. The molecular formula is C23H33FN2O3S. The SMILES string of the molecule is CCC1(C(=O)O)CC2CC(C)[C@@H](NC(=O)C(C)(C)NSc3ccccc3F)C(C2)C1. The number of benzene rings is 1. The van der Waals surface area contributed by atoms with Crippen molar-refractivity contribution in [3.05, 3.63) is 30.1 Å². The zero-order valence-electron chi connectivity index (χ0n) is 18.2. The number of aliphatic carboxylic acids is 1. The van der Waals surface area contributed by atoms with E-state index in [1.165, 1.54) is 6.07 Å². The molecule has 0 spiro atoms. The third kappa shape index (κ3) is 4.67. The first-order valence-electron chi connectivity index (χ1n) is 10.8. The summed E-state index contributed by atoms with van der Waals surface area (Å²) in [5.74, 6) is -0.304. The Labute approximate surface area is 182 Å². The van der Waals surface area contributed by atoms with Gasteiger partial charge in [0.25, 0.3) is 0 Å². The molecular weight excluding hydrogens is 403 g/mol. The van der Waals surface area contributed by atoms with E-state index in [-0.39, 0.29) is 23.7 Å². The van der Waals surface area contributed by atoms with Gasteiger partial charge in [-0.2, -0.15) is 0 Å². The predicted octanol–water partition coefficient (Wildman–Crippen LogP) is 4.62. The van der Waals surface area contributed by atoms with E-state index < -0.39 is 16.9 Å². The van der Waals surface area contributed by atoms with Crippen LogP contribution in [0.5, 0.6) is 0 Å². The van der Waals surface area contributed by atoms with Crippen molar-refractivity contribution in [1.29, 1.82) is 0 Å². The molecule has 7 heteroatoms. The highest BCUT2D eigenvalue weighted by atomic mass is 32.2. The Hall–Kier alpha value is -1.60. The van der Waals surface area contributed by atoms with Gasteiger partial charge in [-0.25, -0.2) is 9.11 Å². The van der Waals surface area contributed by atoms with Crippen LogP contribution in [-0.4, -0.2) is 28.6 Å². The van der Waals surface area contributed by atoms with Crippen molar-refractivity contribution in [3.63, 3.8) is 0 Å². The molecule has 4 unspecified atom stereocenters. The van der Waals surface area contributed by atoms with Gasteiger partial charge < -0.3 is 10.4 Å². The molecule has 1 aromatic rings. The molecule has 2 saturated carbocycles. The monoisotopic (exact) mass is 436 g/mol. The Bertz CT molecular complexity index is 800. The van der Waals surface area contributed by atoms with Crippen LogP contribution in [0.4, 0.5) is 4.39 Å². The fourth-order valence-electron chi connectivity index (χ4n) is 5.29. The highest BCUT2D eigenvalue weighted by molar-refractivity contribution is 7.97. The molecule has 0 radical (unpaired) electrons. The van der Waals surface area contributed by atoms with Crippen molar-refractivity contribution in [2.75, 3.05) is 0 Å². The molecule has 5 nitrogen and oxygen atoms in total. The second-order valence-corrected chi connectivity index (χ2v) is 10.5. The summed E-state index contributed by atoms with van der Waals surface area (Å²) in [7, 11) is 0. The van der Waals surface area contributed by atoms with E-state index in [4.69, 9.17) is 0 Å². The van der Waals surface area contributed by atoms with Crippen molar-refractivity contribution in [3.8, 4) is 0 Å². The Kier molecular flexibility index (Phi) is 6.82. The molecule has 30 heavy (non-hydrogen) atoms. The summed E-state index contributed by atoms with van der Waals surface area (Å²) in [5, 5.41) is 13.1. The number of carboxylic acid groups (broad SMARTS) is 1. The molecule has 2 aliphatic carbocycles. The lowest BCUT2D eigenvalue weighted by atomic mass is 9.56. The maximum absolute atomic E-state index is 13.9. The van der Waals surface area contributed by atoms with E-state index in [0.717, 1.165) is 31.2 Å². The van der Waals surface area contributed by atoms with Crippen LogP contribution in [0, 0.1) is 29.0 Å². The standard InChI is InChI=1S/C23H33FN2O3S/c1-5-23(21(28)29)12-15-10-14(2)19(16(11-15)13-23)25-20(27)22(3,4)26-30-18-9-7-6-8-17(18)24/h6-9,14-16,19,26H,5,10-13H2,1-4H3,(H,25,27)(H,28,29)/t14?,15?,16?,19-,23?/m1/s1. The Morgan fingerprint density at radius 3 is 2.60 bits per heavy atom. The van der Waals surface area contributed by atoms with E-state index in [2.05, 4.69) is 17.0 Å². The zero-order chi connectivity index (χ0) is 22.1. The summed E-state index contributed by atoms with van der Waals surface area (Å²) >= 11 is 1.11. The average molecular weight is 437 g/mol. The van der Waals surface area contributed by atoms with E-state index in [1.807, 2.05) is 6.92 Å². The molecule has 0 saturated heterocycles. The second kappa shape index (κ2) is 8.87. The number of rotatable bonds is 7. The van der Waals surface area contributed by atoms with Crippen LogP contribution >= 0.6 is 11.9 Å². The first-order valence-corrected chi connectivity index (χ1v) is 11.6. The molecule has 2 aliphatic rings. The fraction of sp³-hybridized carbons (Fsp3) is 0.652. The van der Waals surface area contributed by atoms with E-state index in [0.29, 0.717) is 29.6 Å². The van der Waals surface area contributed by atoms with Gasteiger partial charge in [0.1, 0.15) is 11.4 Å². The summed E-state index contributed by atoms with van der Waals surface area (Å²) in [6.07, 6.45) is 3.89. The van der Waals surface area contributed by atoms with Gasteiger partial charge >= 0.3 is 5.97 Å². The van der Waals surface area contributed by atoms with Gasteiger partial charge in [-0.3, -0.25) is 9.59 Å².